The Labute approximate surface area is 210 Å². The van der Waals surface area contributed by atoms with E-state index < -0.39 is 5.82 Å². The Bertz CT molecular complexity index is 1160. The van der Waals surface area contributed by atoms with E-state index in [9.17, 15) is 19.1 Å². The average molecular weight is 493 g/mol. The number of hydrogen-bond acceptors (Lipinski definition) is 5. The first-order valence-corrected chi connectivity index (χ1v) is 13.1. The Kier molecular flexibility index (Phi) is 5.74. The number of rotatable bonds is 5. The molecule has 7 rings (SSSR count). The minimum absolute atomic E-state index is 0.178. The van der Waals surface area contributed by atoms with Crippen LogP contribution in [-0.2, 0) is 0 Å². The van der Waals surface area contributed by atoms with Gasteiger partial charge >= 0.3 is 0 Å². The highest BCUT2D eigenvalue weighted by Crippen LogP contribution is 2.57. The van der Waals surface area contributed by atoms with Crippen molar-refractivity contribution in [3.05, 3.63) is 59.5 Å². The Morgan fingerprint density at radius 3 is 2.25 bits per heavy atom. The lowest BCUT2D eigenvalue weighted by molar-refractivity contribution is -0.0448. The lowest BCUT2D eigenvalue weighted by atomic mass is 9.49. The Morgan fingerprint density at radius 1 is 0.944 bits per heavy atom. The molecule has 1 aromatic carbocycles. The molecule has 7 nitrogen and oxygen atoms in total. The number of amides is 2. The highest BCUT2D eigenvalue weighted by Gasteiger charge is 2.58. The molecule has 8 heteroatoms. The van der Waals surface area contributed by atoms with Gasteiger partial charge in [0.25, 0.3) is 11.8 Å². The molecule has 5 aliphatic rings. The van der Waals surface area contributed by atoms with Gasteiger partial charge in [-0.25, -0.2) is 9.37 Å². The van der Waals surface area contributed by atoms with Gasteiger partial charge in [0.1, 0.15) is 17.3 Å². The molecule has 2 unspecified atom stereocenters. The summed E-state index contributed by atoms with van der Waals surface area (Å²) >= 11 is 0. The van der Waals surface area contributed by atoms with Crippen molar-refractivity contribution in [3.8, 4) is 0 Å². The van der Waals surface area contributed by atoms with Crippen molar-refractivity contribution in [2.24, 2.45) is 11.8 Å². The lowest BCUT2D eigenvalue weighted by Gasteiger charge is -2.62. The molecule has 2 atom stereocenters. The van der Waals surface area contributed by atoms with Gasteiger partial charge in [-0.2, -0.15) is 0 Å². The number of anilines is 1. The summed E-state index contributed by atoms with van der Waals surface area (Å²) in [6.07, 6.45) is 6.58. The van der Waals surface area contributed by atoms with Crippen LogP contribution in [-0.4, -0.2) is 52.2 Å². The number of pyridine rings is 1. The van der Waals surface area contributed by atoms with E-state index in [1.165, 1.54) is 12.1 Å². The molecule has 1 aliphatic heterocycles. The summed E-state index contributed by atoms with van der Waals surface area (Å²) in [6, 6.07) is 11.3. The summed E-state index contributed by atoms with van der Waals surface area (Å²) in [4.78, 5) is 33.3. The number of benzene rings is 1. The molecule has 2 amide bonds. The minimum Gasteiger partial charge on any atom is -0.393 e. The topological polar surface area (TPSA) is 94.6 Å². The predicted octanol–water partition coefficient (Wildman–Crippen LogP) is 3.43. The minimum atomic E-state index is -0.424. The van der Waals surface area contributed by atoms with Crippen LogP contribution in [0.25, 0.3) is 0 Å². The summed E-state index contributed by atoms with van der Waals surface area (Å²) in [5.74, 6) is 0.796. The van der Waals surface area contributed by atoms with E-state index >= 15 is 0 Å². The number of nitrogens with zero attached hydrogens (tertiary/aromatic N) is 2. The summed E-state index contributed by atoms with van der Waals surface area (Å²) in [5, 5.41) is 16.4. The van der Waals surface area contributed by atoms with E-state index in [0.29, 0.717) is 42.4 Å². The fourth-order valence-corrected chi connectivity index (χ4v) is 7.62. The molecule has 1 aromatic heterocycles. The van der Waals surface area contributed by atoms with Gasteiger partial charge in [-0.15, -0.1) is 0 Å². The average Bonchev–Trinajstić information content (AvgIpc) is 2.83. The molecule has 4 saturated carbocycles. The summed E-state index contributed by atoms with van der Waals surface area (Å²) in [6.45, 7) is 1.44. The van der Waals surface area contributed by atoms with Crippen LogP contribution in [0.5, 0.6) is 0 Å². The summed E-state index contributed by atoms with van der Waals surface area (Å²) in [7, 11) is 0. The first kappa shape index (κ1) is 23.4. The zero-order valence-electron chi connectivity index (χ0n) is 20.4. The molecular weight excluding hydrogens is 459 g/mol. The third kappa shape index (κ3) is 4.47. The zero-order valence-corrected chi connectivity index (χ0v) is 20.4. The van der Waals surface area contributed by atoms with Crippen molar-refractivity contribution >= 4 is 17.6 Å². The smallest absolute Gasteiger partial charge is 0.270 e. The molecule has 0 radical (unpaired) electrons. The summed E-state index contributed by atoms with van der Waals surface area (Å²) < 4.78 is 13.7. The highest BCUT2D eigenvalue weighted by molar-refractivity contribution is 5.95. The van der Waals surface area contributed by atoms with Crippen LogP contribution < -0.4 is 15.5 Å². The predicted molar refractivity (Wildman–Crippen MR) is 133 cm³/mol. The van der Waals surface area contributed by atoms with E-state index in [0.717, 1.165) is 51.0 Å². The van der Waals surface area contributed by atoms with Gasteiger partial charge in [-0.3, -0.25) is 9.59 Å². The Balaban J connectivity index is 1.19. The molecule has 3 N–H and O–H groups in total. The molecule has 190 valence electrons. The van der Waals surface area contributed by atoms with E-state index in [-0.39, 0.29) is 29.0 Å². The molecule has 1 saturated heterocycles. The van der Waals surface area contributed by atoms with Crippen molar-refractivity contribution in [1.82, 2.24) is 15.6 Å². The lowest BCUT2D eigenvalue weighted by Crippen LogP contribution is -2.69. The molecule has 36 heavy (non-hydrogen) atoms. The van der Waals surface area contributed by atoms with Crippen LogP contribution in [0.1, 0.15) is 72.2 Å². The third-order valence-electron chi connectivity index (χ3n) is 8.66. The SMILES string of the molecule is O=C(NC12CC3CC(C1)CC(NC(=O)c1cccc(N4CCC(O)CC4)n1)(C3)C2)c1cccc(F)c1. The molecule has 5 fully saturated rings. The van der Waals surface area contributed by atoms with Crippen molar-refractivity contribution in [2.45, 2.75) is 68.5 Å². The van der Waals surface area contributed by atoms with E-state index in [4.69, 9.17) is 0 Å². The second kappa shape index (κ2) is 8.83. The number of aliphatic hydroxyl groups excluding tert-OH is 1. The van der Waals surface area contributed by atoms with Gasteiger partial charge in [0, 0.05) is 29.7 Å². The standard InChI is InChI=1S/C28H33FN4O3/c29-21-4-1-3-20(12-21)25(35)31-27-13-18-11-19(14-27)16-28(15-18,17-27)32-26(36)23-5-2-6-24(30-23)33-9-7-22(34)8-10-33/h1-6,12,18-19,22,34H,7-11,13-17H2,(H,31,35)(H,32,36). The normalized spacial score (nSPS) is 31.3. The van der Waals surface area contributed by atoms with Gasteiger partial charge < -0.3 is 20.6 Å². The van der Waals surface area contributed by atoms with Gasteiger partial charge in [-0.05, 0) is 93.5 Å². The Morgan fingerprint density at radius 2 is 1.58 bits per heavy atom. The molecule has 2 aromatic rings. The molecule has 0 spiro atoms. The van der Waals surface area contributed by atoms with Crippen molar-refractivity contribution in [2.75, 3.05) is 18.0 Å². The van der Waals surface area contributed by atoms with Crippen LogP contribution in [0.2, 0.25) is 0 Å². The zero-order chi connectivity index (χ0) is 24.9. The van der Waals surface area contributed by atoms with Gasteiger partial charge in [-0.1, -0.05) is 12.1 Å². The van der Waals surface area contributed by atoms with E-state index in [1.807, 2.05) is 12.1 Å². The van der Waals surface area contributed by atoms with Gasteiger partial charge in [0.15, 0.2) is 0 Å². The quantitative estimate of drug-likeness (QED) is 0.595. The van der Waals surface area contributed by atoms with Crippen LogP contribution >= 0.6 is 0 Å². The first-order chi connectivity index (χ1) is 17.3. The fourth-order valence-electron chi connectivity index (χ4n) is 7.62. The fraction of sp³-hybridized carbons (Fsp3) is 0.536. The number of halogens is 1. The van der Waals surface area contributed by atoms with Crippen molar-refractivity contribution in [3.63, 3.8) is 0 Å². The molecule has 2 heterocycles. The number of piperidine rings is 1. The Hall–Kier alpha value is -3.00. The summed E-state index contributed by atoms with van der Waals surface area (Å²) in [5.41, 5.74) is -0.0316. The van der Waals surface area contributed by atoms with Crippen LogP contribution in [0.3, 0.4) is 0 Å². The first-order valence-electron chi connectivity index (χ1n) is 13.1. The maximum absolute atomic E-state index is 13.7. The van der Waals surface area contributed by atoms with Crippen LogP contribution in [0.4, 0.5) is 10.2 Å². The number of carbonyl (C=O) groups is 2. The second-order valence-electron chi connectivity index (χ2n) is 11.5. The van der Waals surface area contributed by atoms with Crippen molar-refractivity contribution < 1.29 is 19.1 Å². The second-order valence-corrected chi connectivity index (χ2v) is 11.5. The monoisotopic (exact) mass is 492 g/mol. The maximum atomic E-state index is 13.7. The van der Waals surface area contributed by atoms with Crippen LogP contribution in [0, 0.1) is 17.7 Å². The van der Waals surface area contributed by atoms with Gasteiger partial charge in [0.2, 0.25) is 0 Å². The third-order valence-corrected chi connectivity index (χ3v) is 8.66. The number of hydrogen-bond donors (Lipinski definition) is 3. The number of aliphatic hydroxyl groups is 1. The molecular formula is C28H33FN4O3. The largest absolute Gasteiger partial charge is 0.393 e. The number of aromatic nitrogens is 1. The van der Waals surface area contributed by atoms with E-state index in [1.54, 1.807) is 18.2 Å². The molecule has 4 bridgehead atoms. The van der Waals surface area contributed by atoms with Crippen molar-refractivity contribution in [1.29, 1.82) is 0 Å². The van der Waals surface area contributed by atoms with Gasteiger partial charge in [0.05, 0.1) is 6.10 Å². The highest BCUT2D eigenvalue weighted by atomic mass is 19.1. The van der Waals surface area contributed by atoms with E-state index in [2.05, 4.69) is 20.5 Å². The molecule has 4 aliphatic carbocycles. The van der Waals surface area contributed by atoms with Crippen LogP contribution in [0.15, 0.2) is 42.5 Å². The maximum Gasteiger partial charge on any atom is 0.270 e. The number of carbonyl (C=O) groups excluding carboxylic acids is 2. The number of nitrogens with one attached hydrogen (secondary N) is 2.